The molecule has 0 saturated heterocycles. The maximum Gasteiger partial charge on any atom is 0.254 e. The number of hydrogen-bond acceptors (Lipinski definition) is 3. The van der Waals surface area contributed by atoms with Crippen LogP contribution in [0.2, 0.25) is 0 Å². The minimum Gasteiger partial charge on any atom is -0.380 e. The van der Waals surface area contributed by atoms with Crippen molar-refractivity contribution in [1.29, 1.82) is 0 Å². The quantitative estimate of drug-likeness (QED) is 0.593. The summed E-state index contributed by atoms with van der Waals surface area (Å²) in [6.07, 6.45) is 2.06. The van der Waals surface area contributed by atoms with E-state index in [1.54, 1.807) is 6.07 Å². The van der Waals surface area contributed by atoms with Crippen LogP contribution in [0.4, 0.5) is 4.39 Å². The van der Waals surface area contributed by atoms with Crippen LogP contribution in [0.15, 0.2) is 18.2 Å². The Morgan fingerprint density at radius 2 is 2.24 bits per heavy atom. The molecule has 1 aromatic rings. The Morgan fingerprint density at radius 1 is 1.43 bits per heavy atom. The number of rotatable bonds is 7. The normalized spacial score (nSPS) is 9.86. The number of carbonyl (C=O) groups excluding carboxylic acids is 1. The zero-order valence-electron chi connectivity index (χ0n) is 12.2. The van der Waals surface area contributed by atoms with Gasteiger partial charge in [0.1, 0.15) is 5.82 Å². The molecule has 3 N–H and O–H groups in total. The first kappa shape index (κ1) is 17.2. The van der Waals surface area contributed by atoms with E-state index in [-0.39, 0.29) is 12.1 Å². The van der Waals surface area contributed by atoms with Crippen molar-refractivity contribution in [3.63, 3.8) is 0 Å². The van der Waals surface area contributed by atoms with Crippen molar-refractivity contribution in [2.24, 2.45) is 5.73 Å². The van der Waals surface area contributed by atoms with E-state index in [4.69, 9.17) is 10.5 Å². The molecule has 114 valence electrons. The van der Waals surface area contributed by atoms with Crippen LogP contribution in [0, 0.1) is 17.7 Å². The van der Waals surface area contributed by atoms with Crippen molar-refractivity contribution >= 4 is 5.91 Å². The van der Waals surface area contributed by atoms with Crippen molar-refractivity contribution in [3.05, 3.63) is 35.1 Å². The molecule has 1 amide bonds. The standard InChI is InChI=1S/C16H21FN2O2/c1-2-3-10-21-11-9-19-16(20)14-7-6-13(5-4-8-18)12-15(14)17/h6-7,12H,2-3,8-11,18H2,1H3,(H,19,20). The van der Waals surface area contributed by atoms with Gasteiger partial charge < -0.3 is 15.8 Å². The van der Waals surface area contributed by atoms with Gasteiger partial charge in [-0.25, -0.2) is 4.39 Å². The zero-order chi connectivity index (χ0) is 15.5. The summed E-state index contributed by atoms with van der Waals surface area (Å²) in [5, 5.41) is 2.62. The summed E-state index contributed by atoms with van der Waals surface area (Å²) in [6, 6.07) is 4.25. The fourth-order valence-corrected chi connectivity index (χ4v) is 1.61. The second-order valence-corrected chi connectivity index (χ2v) is 4.42. The van der Waals surface area contributed by atoms with E-state index < -0.39 is 11.7 Å². The first-order chi connectivity index (χ1) is 10.2. The molecule has 4 nitrogen and oxygen atoms in total. The highest BCUT2D eigenvalue weighted by Gasteiger charge is 2.11. The van der Waals surface area contributed by atoms with Gasteiger partial charge in [0.05, 0.1) is 18.7 Å². The Labute approximate surface area is 124 Å². The molecular weight excluding hydrogens is 271 g/mol. The van der Waals surface area contributed by atoms with Crippen LogP contribution < -0.4 is 11.1 Å². The summed E-state index contributed by atoms with van der Waals surface area (Å²) in [7, 11) is 0. The lowest BCUT2D eigenvalue weighted by molar-refractivity contribution is 0.0909. The van der Waals surface area contributed by atoms with Gasteiger partial charge in [0.25, 0.3) is 5.91 Å². The van der Waals surface area contributed by atoms with Crippen molar-refractivity contribution in [2.75, 3.05) is 26.3 Å². The monoisotopic (exact) mass is 292 g/mol. The maximum absolute atomic E-state index is 13.8. The molecule has 0 radical (unpaired) electrons. The Morgan fingerprint density at radius 3 is 2.90 bits per heavy atom. The first-order valence-corrected chi connectivity index (χ1v) is 7.03. The predicted octanol–water partition coefficient (Wildman–Crippen LogP) is 1.68. The van der Waals surface area contributed by atoms with Gasteiger partial charge in [0, 0.05) is 18.7 Å². The molecule has 0 aliphatic heterocycles. The fraction of sp³-hybridized carbons (Fsp3) is 0.438. The van der Waals surface area contributed by atoms with E-state index >= 15 is 0 Å². The van der Waals surface area contributed by atoms with Gasteiger partial charge in [-0.2, -0.15) is 0 Å². The molecule has 0 heterocycles. The molecule has 21 heavy (non-hydrogen) atoms. The average molecular weight is 292 g/mol. The van der Waals surface area contributed by atoms with Crippen molar-refractivity contribution in [2.45, 2.75) is 19.8 Å². The summed E-state index contributed by atoms with van der Waals surface area (Å²) >= 11 is 0. The van der Waals surface area contributed by atoms with Gasteiger partial charge in [-0.05, 0) is 24.6 Å². The molecule has 0 atom stereocenters. The van der Waals surface area contributed by atoms with Gasteiger partial charge in [-0.15, -0.1) is 0 Å². The van der Waals surface area contributed by atoms with Gasteiger partial charge >= 0.3 is 0 Å². The minimum absolute atomic E-state index is 0.00172. The van der Waals surface area contributed by atoms with E-state index in [0.29, 0.717) is 25.3 Å². The third-order valence-corrected chi connectivity index (χ3v) is 2.72. The maximum atomic E-state index is 13.8. The number of nitrogens with one attached hydrogen (secondary N) is 1. The van der Waals surface area contributed by atoms with Crippen LogP contribution in [0.5, 0.6) is 0 Å². The summed E-state index contributed by atoms with van der Waals surface area (Å²) in [5.41, 5.74) is 5.75. The number of carbonyl (C=O) groups is 1. The van der Waals surface area contributed by atoms with Crippen molar-refractivity contribution in [3.8, 4) is 11.8 Å². The number of amides is 1. The van der Waals surface area contributed by atoms with E-state index in [0.717, 1.165) is 12.8 Å². The molecule has 0 bridgehead atoms. The molecule has 0 aliphatic carbocycles. The summed E-state index contributed by atoms with van der Waals surface area (Å²) in [5.74, 6) is 4.30. The van der Waals surface area contributed by atoms with Crippen LogP contribution in [-0.2, 0) is 4.74 Å². The molecule has 1 rings (SSSR count). The Hall–Kier alpha value is -1.90. The van der Waals surface area contributed by atoms with Gasteiger partial charge in [0.15, 0.2) is 0 Å². The van der Waals surface area contributed by atoms with Crippen LogP contribution in [-0.4, -0.2) is 32.2 Å². The smallest absolute Gasteiger partial charge is 0.254 e. The molecule has 0 saturated carbocycles. The van der Waals surface area contributed by atoms with Crippen molar-refractivity contribution < 1.29 is 13.9 Å². The number of unbranched alkanes of at least 4 members (excludes halogenated alkanes) is 1. The second-order valence-electron chi connectivity index (χ2n) is 4.42. The van der Waals surface area contributed by atoms with E-state index in [1.165, 1.54) is 12.1 Å². The van der Waals surface area contributed by atoms with Crippen LogP contribution in [0.1, 0.15) is 35.7 Å². The number of benzene rings is 1. The van der Waals surface area contributed by atoms with E-state index in [2.05, 4.69) is 24.1 Å². The van der Waals surface area contributed by atoms with Gasteiger partial charge in [-0.3, -0.25) is 4.79 Å². The fourth-order valence-electron chi connectivity index (χ4n) is 1.61. The number of nitrogens with two attached hydrogens (primary N) is 1. The lowest BCUT2D eigenvalue weighted by Gasteiger charge is -2.07. The average Bonchev–Trinajstić information content (AvgIpc) is 2.48. The van der Waals surface area contributed by atoms with Gasteiger partial charge in [-0.1, -0.05) is 25.2 Å². The molecule has 0 aromatic heterocycles. The Balaban J connectivity index is 2.47. The largest absolute Gasteiger partial charge is 0.380 e. The summed E-state index contributed by atoms with van der Waals surface area (Å²) in [4.78, 5) is 11.8. The highest BCUT2D eigenvalue weighted by molar-refractivity contribution is 5.94. The molecule has 1 aromatic carbocycles. The Bertz CT molecular complexity index is 521. The van der Waals surface area contributed by atoms with E-state index in [9.17, 15) is 9.18 Å². The number of hydrogen-bond donors (Lipinski definition) is 2. The highest BCUT2D eigenvalue weighted by atomic mass is 19.1. The van der Waals surface area contributed by atoms with Crippen LogP contribution >= 0.6 is 0 Å². The molecule has 0 fully saturated rings. The van der Waals surface area contributed by atoms with Crippen LogP contribution in [0.25, 0.3) is 0 Å². The zero-order valence-corrected chi connectivity index (χ0v) is 12.2. The molecule has 0 aliphatic rings. The van der Waals surface area contributed by atoms with Crippen molar-refractivity contribution in [1.82, 2.24) is 5.32 Å². The number of halogens is 1. The minimum atomic E-state index is -0.594. The topological polar surface area (TPSA) is 64.3 Å². The third-order valence-electron chi connectivity index (χ3n) is 2.72. The molecule has 0 spiro atoms. The third kappa shape index (κ3) is 6.39. The number of ether oxygens (including phenoxy) is 1. The molecular formula is C16H21FN2O2. The Kier molecular flexibility index (Phi) is 8.10. The van der Waals surface area contributed by atoms with Gasteiger partial charge in [0.2, 0.25) is 0 Å². The summed E-state index contributed by atoms with van der Waals surface area (Å²) in [6.45, 7) is 3.75. The summed E-state index contributed by atoms with van der Waals surface area (Å²) < 4.78 is 19.1. The molecule has 0 unspecified atom stereocenters. The second kappa shape index (κ2) is 9.92. The molecule has 5 heteroatoms. The lowest BCUT2D eigenvalue weighted by Crippen LogP contribution is -2.28. The predicted molar refractivity (Wildman–Crippen MR) is 80.4 cm³/mol. The first-order valence-electron chi connectivity index (χ1n) is 7.03. The lowest BCUT2D eigenvalue weighted by atomic mass is 10.1. The van der Waals surface area contributed by atoms with Crippen LogP contribution in [0.3, 0.4) is 0 Å². The van der Waals surface area contributed by atoms with E-state index in [1.807, 2.05) is 0 Å². The SMILES string of the molecule is CCCCOCCNC(=O)c1ccc(C#CCN)cc1F. The highest BCUT2D eigenvalue weighted by Crippen LogP contribution is 2.09.